The van der Waals surface area contributed by atoms with Crippen LogP contribution in [0.15, 0.2) is 24.3 Å². The molecule has 2 nitrogen and oxygen atoms in total. The monoisotopic (exact) mass is 287 g/mol. The van der Waals surface area contributed by atoms with Gasteiger partial charge in [0.05, 0.1) is 6.10 Å². The van der Waals surface area contributed by atoms with Crippen LogP contribution in [0.2, 0.25) is 0 Å². The van der Waals surface area contributed by atoms with Crippen molar-refractivity contribution in [2.45, 2.75) is 64.0 Å². The number of likely N-dealkylation sites (tertiary alicyclic amines) is 1. The molecule has 1 heterocycles. The molecule has 1 aromatic rings. The molecule has 1 aliphatic carbocycles. The van der Waals surface area contributed by atoms with Crippen molar-refractivity contribution in [1.82, 2.24) is 4.90 Å². The first kappa shape index (κ1) is 15.1. The first-order valence-electron chi connectivity index (χ1n) is 8.79. The number of fused-ring (bicyclic) bond motifs is 1. The standard InChI is InChI=1S/C19H29NO/c1-2-15-9-11-17(12-10-15)19(21)14-20-13-5-7-16-6-3-4-8-18(16)20/h9-12,16,18-19,21H,2-8,13-14H2,1H3. The number of hydrogen-bond donors (Lipinski definition) is 1. The first-order valence-corrected chi connectivity index (χ1v) is 8.79. The molecule has 0 spiro atoms. The zero-order valence-electron chi connectivity index (χ0n) is 13.3. The number of aliphatic hydroxyl groups is 1. The molecule has 2 heteroatoms. The van der Waals surface area contributed by atoms with Crippen molar-refractivity contribution in [3.8, 4) is 0 Å². The average molecular weight is 287 g/mol. The minimum absolute atomic E-state index is 0.336. The van der Waals surface area contributed by atoms with Crippen LogP contribution in [0.4, 0.5) is 0 Å². The molecule has 2 fully saturated rings. The van der Waals surface area contributed by atoms with Gasteiger partial charge in [0, 0.05) is 12.6 Å². The van der Waals surface area contributed by atoms with Crippen LogP contribution in [0.25, 0.3) is 0 Å². The Morgan fingerprint density at radius 3 is 2.57 bits per heavy atom. The van der Waals surface area contributed by atoms with Crippen LogP contribution in [-0.4, -0.2) is 29.1 Å². The molecular formula is C19H29NO. The van der Waals surface area contributed by atoms with Gasteiger partial charge in [-0.25, -0.2) is 0 Å². The average Bonchev–Trinajstić information content (AvgIpc) is 2.55. The van der Waals surface area contributed by atoms with Crippen LogP contribution >= 0.6 is 0 Å². The summed E-state index contributed by atoms with van der Waals surface area (Å²) in [6, 6.07) is 9.24. The van der Waals surface area contributed by atoms with Gasteiger partial charge in [0.1, 0.15) is 0 Å². The zero-order valence-corrected chi connectivity index (χ0v) is 13.3. The molecule has 0 radical (unpaired) electrons. The third kappa shape index (κ3) is 3.49. The minimum Gasteiger partial charge on any atom is -0.387 e. The second-order valence-corrected chi connectivity index (χ2v) is 6.86. The van der Waals surface area contributed by atoms with Gasteiger partial charge in [-0.15, -0.1) is 0 Å². The predicted molar refractivity (Wildman–Crippen MR) is 87.3 cm³/mol. The lowest BCUT2D eigenvalue weighted by atomic mass is 9.78. The van der Waals surface area contributed by atoms with Crippen molar-refractivity contribution in [1.29, 1.82) is 0 Å². The van der Waals surface area contributed by atoms with E-state index in [9.17, 15) is 5.11 Å². The molecule has 1 aliphatic heterocycles. The van der Waals surface area contributed by atoms with Crippen molar-refractivity contribution < 1.29 is 5.11 Å². The third-order valence-corrected chi connectivity index (χ3v) is 5.54. The molecule has 1 aromatic carbocycles. The molecule has 0 aromatic heterocycles. The topological polar surface area (TPSA) is 23.5 Å². The second kappa shape index (κ2) is 6.93. The highest BCUT2D eigenvalue weighted by Crippen LogP contribution is 2.36. The van der Waals surface area contributed by atoms with E-state index >= 15 is 0 Å². The highest BCUT2D eigenvalue weighted by molar-refractivity contribution is 5.24. The Hall–Kier alpha value is -0.860. The fraction of sp³-hybridized carbons (Fsp3) is 0.684. The van der Waals surface area contributed by atoms with Gasteiger partial charge in [0.2, 0.25) is 0 Å². The first-order chi connectivity index (χ1) is 10.3. The number of nitrogens with zero attached hydrogens (tertiary/aromatic N) is 1. The second-order valence-electron chi connectivity index (χ2n) is 6.86. The minimum atomic E-state index is -0.336. The molecule has 116 valence electrons. The maximum absolute atomic E-state index is 10.6. The smallest absolute Gasteiger partial charge is 0.0917 e. The molecule has 2 aliphatic rings. The molecule has 1 saturated carbocycles. The Kier molecular flexibility index (Phi) is 4.97. The number of β-amino-alcohol motifs (C(OH)–C–C–N with tert-alkyl or cyclic N) is 1. The number of aliphatic hydroxyl groups excluding tert-OH is 1. The molecule has 0 amide bonds. The summed E-state index contributed by atoms with van der Waals surface area (Å²) in [6.07, 6.45) is 8.97. The van der Waals surface area contributed by atoms with Crippen LogP contribution in [0, 0.1) is 5.92 Å². The molecule has 0 bridgehead atoms. The lowest BCUT2D eigenvalue weighted by molar-refractivity contribution is 0.0205. The summed E-state index contributed by atoms with van der Waals surface area (Å²) in [5.74, 6) is 0.891. The fourth-order valence-corrected chi connectivity index (χ4v) is 4.26. The van der Waals surface area contributed by atoms with Gasteiger partial charge in [-0.3, -0.25) is 4.90 Å². The van der Waals surface area contributed by atoms with Gasteiger partial charge in [-0.1, -0.05) is 44.0 Å². The molecule has 3 unspecified atom stereocenters. The van der Waals surface area contributed by atoms with Crippen molar-refractivity contribution in [3.63, 3.8) is 0 Å². The van der Waals surface area contributed by atoms with Gasteiger partial charge >= 0.3 is 0 Å². The summed E-state index contributed by atoms with van der Waals surface area (Å²) in [6.45, 7) is 4.15. The molecular weight excluding hydrogens is 258 g/mol. The van der Waals surface area contributed by atoms with E-state index < -0.39 is 0 Å². The molecule has 3 atom stereocenters. The largest absolute Gasteiger partial charge is 0.387 e. The van der Waals surface area contributed by atoms with Crippen molar-refractivity contribution in [2.75, 3.05) is 13.1 Å². The molecule has 21 heavy (non-hydrogen) atoms. The summed E-state index contributed by atoms with van der Waals surface area (Å²) in [5, 5.41) is 10.6. The van der Waals surface area contributed by atoms with Crippen molar-refractivity contribution in [2.24, 2.45) is 5.92 Å². The van der Waals surface area contributed by atoms with Gasteiger partial charge in [-0.05, 0) is 55.7 Å². The quantitative estimate of drug-likeness (QED) is 0.907. The van der Waals surface area contributed by atoms with E-state index in [1.54, 1.807) is 0 Å². The van der Waals surface area contributed by atoms with Crippen molar-refractivity contribution >= 4 is 0 Å². The van der Waals surface area contributed by atoms with Gasteiger partial charge in [0.25, 0.3) is 0 Å². The van der Waals surface area contributed by atoms with Crippen LogP contribution in [0.1, 0.15) is 62.7 Å². The Bertz CT molecular complexity index is 439. The maximum Gasteiger partial charge on any atom is 0.0917 e. The van der Waals surface area contributed by atoms with E-state index in [4.69, 9.17) is 0 Å². The van der Waals surface area contributed by atoms with Crippen LogP contribution in [0.3, 0.4) is 0 Å². The summed E-state index contributed by atoms with van der Waals surface area (Å²) < 4.78 is 0. The lowest BCUT2D eigenvalue weighted by Gasteiger charge is -2.44. The van der Waals surface area contributed by atoms with Crippen LogP contribution in [0.5, 0.6) is 0 Å². The Labute approximate surface area is 129 Å². The van der Waals surface area contributed by atoms with E-state index in [0.29, 0.717) is 0 Å². The number of rotatable bonds is 4. The van der Waals surface area contributed by atoms with E-state index in [-0.39, 0.29) is 6.10 Å². The Balaban J connectivity index is 1.63. The molecule has 1 saturated heterocycles. The summed E-state index contributed by atoms with van der Waals surface area (Å²) in [5.41, 5.74) is 2.42. The number of aryl methyl sites for hydroxylation is 1. The van der Waals surface area contributed by atoms with Gasteiger partial charge < -0.3 is 5.11 Å². The Morgan fingerprint density at radius 1 is 1.10 bits per heavy atom. The van der Waals surface area contributed by atoms with E-state index in [1.165, 1.54) is 50.6 Å². The highest BCUT2D eigenvalue weighted by Gasteiger charge is 2.33. The predicted octanol–water partition coefficient (Wildman–Crippen LogP) is 3.94. The van der Waals surface area contributed by atoms with Crippen LogP contribution in [-0.2, 0) is 6.42 Å². The highest BCUT2D eigenvalue weighted by atomic mass is 16.3. The summed E-state index contributed by atoms with van der Waals surface area (Å²) >= 11 is 0. The normalized spacial score (nSPS) is 28.1. The van der Waals surface area contributed by atoms with Crippen LogP contribution < -0.4 is 0 Å². The Morgan fingerprint density at radius 2 is 1.81 bits per heavy atom. The third-order valence-electron chi connectivity index (χ3n) is 5.54. The van der Waals surface area contributed by atoms with Gasteiger partial charge in [0.15, 0.2) is 0 Å². The van der Waals surface area contributed by atoms with E-state index in [2.05, 4.69) is 36.1 Å². The number of piperidine rings is 1. The maximum atomic E-state index is 10.6. The number of hydrogen-bond acceptors (Lipinski definition) is 2. The molecule has 3 rings (SSSR count). The van der Waals surface area contributed by atoms with E-state index in [0.717, 1.165) is 30.5 Å². The summed E-state index contributed by atoms with van der Waals surface area (Å²) in [4.78, 5) is 2.58. The van der Waals surface area contributed by atoms with Gasteiger partial charge in [-0.2, -0.15) is 0 Å². The fourth-order valence-electron chi connectivity index (χ4n) is 4.26. The zero-order chi connectivity index (χ0) is 14.7. The SMILES string of the molecule is CCc1ccc(C(O)CN2CCCC3CCCCC32)cc1. The lowest BCUT2D eigenvalue weighted by Crippen LogP contribution is -2.48. The molecule has 1 N–H and O–H groups in total. The van der Waals surface area contributed by atoms with Crippen molar-refractivity contribution in [3.05, 3.63) is 35.4 Å². The number of benzene rings is 1. The summed E-state index contributed by atoms with van der Waals surface area (Å²) in [7, 11) is 0. The van der Waals surface area contributed by atoms with E-state index in [1.807, 2.05) is 0 Å².